The molecule has 0 heterocycles. The summed E-state index contributed by atoms with van der Waals surface area (Å²) in [5.41, 5.74) is 5.70. The first kappa shape index (κ1) is 17.1. The Morgan fingerprint density at radius 1 is 1.29 bits per heavy atom. The highest BCUT2D eigenvalue weighted by Gasteiger charge is 2.14. The van der Waals surface area contributed by atoms with Gasteiger partial charge in [0.2, 0.25) is 11.8 Å². The van der Waals surface area contributed by atoms with E-state index in [4.69, 9.17) is 5.73 Å². The summed E-state index contributed by atoms with van der Waals surface area (Å²) in [6.45, 7) is 6.44. The molecule has 5 nitrogen and oxygen atoms in total. The van der Waals surface area contributed by atoms with Gasteiger partial charge >= 0.3 is 0 Å². The van der Waals surface area contributed by atoms with E-state index in [2.05, 4.69) is 10.6 Å². The second-order valence-corrected chi connectivity index (χ2v) is 5.41. The third-order valence-electron chi connectivity index (χ3n) is 3.01. The SMILES string of the molecule is CC(C)CNC(=O)C(C)NCc1cc(C(N)=O)ccc1F. The molecule has 0 saturated heterocycles. The predicted octanol–water partition coefficient (Wildman–Crippen LogP) is 1.17. The van der Waals surface area contributed by atoms with Gasteiger partial charge in [-0.05, 0) is 31.0 Å². The van der Waals surface area contributed by atoms with Crippen molar-refractivity contribution in [2.45, 2.75) is 33.4 Å². The number of hydrogen-bond donors (Lipinski definition) is 3. The quantitative estimate of drug-likeness (QED) is 0.706. The van der Waals surface area contributed by atoms with Crippen LogP contribution in [0.1, 0.15) is 36.7 Å². The Morgan fingerprint density at radius 2 is 1.95 bits per heavy atom. The predicted molar refractivity (Wildman–Crippen MR) is 79.1 cm³/mol. The van der Waals surface area contributed by atoms with Crippen molar-refractivity contribution in [3.63, 3.8) is 0 Å². The molecule has 4 N–H and O–H groups in total. The summed E-state index contributed by atoms with van der Waals surface area (Å²) in [7, 11) is 0. The summed E-state index contributed by atoms with van der Waals surface area (Å²) in [6, 6.07) is 3.46. The maximum atomic E-state index is 13.6. The zero-order chi connectivity index (χ0) is 16.0. The van der Waals surface area contributed by atoms with Gasteiger partial charge in [-0.2, -0.15) is 0 Å². The van der Waals surface area contributed by atoms with E-state index in [1.807, 2.05) is 13.8 Å². The van der Waals surface area contributed by atoms with Crippen LogP contribution in [0.3, 0.4) is 0 Å². The standard InChI is InChI=1S/C15H22FN3O2/c1-9(2)7-19-15(21)10(3)18-8-12-6-11(14(17)20)4-5-13(12)16/h4-6,9-10,18H,7-8H2,1-3H3,(H2,17,20)(H,19,21). The molecule has 0 aliphatic rings. The topological polar surface area (TPSA) is 84.2 Å². The highest BCUT2D eigenvalue weighted by molar-refractivity contribution is 5.92. The maximum absolute atomic E-state index is 13.6. The van der Waals surface area contributed by atoms with E-state index < -0.39 is 17.8 Å². The van der Waals surface area contributed by atoms with Crippen molar-refractivity contribution in [3.8, 4) is 0 Å². The summed E-state index contributed by atoms with van der Waals surface area (Å²) in [5, 5.41) is 5.72. The first-order valence-electron chi connectivity index (χ1n) is 6.90. The fourth-order valence-electron chi connectivity index (χ4n) is 1.68. The zero-order valence-corrected chi connectivity index (χ0v) is 12.6. The van der Waals surface area contributed by atoms with E-state index in [9.17, 15) is 14.0 Å². The Bertz CT molecular complexity index is 518. The molecule has 6 heteroatoms. The van der Waals surface area contributed by atoms with Gasteiger partial charge in [0.15, 0.2) is 0 Å². The lowest BCUT2D eigenvalue weighted by molar-refractivity contribution is -0.122. The van der Waals surface area contributed by atoms with Crippen LogP contribution in [0, 0.1) is 11.7 Å². The third kappa shape index (κ3) is 5.51. The smallest absolute Gasteiger partial charge is 0.248 e. The normalized spacial score (nSPS) is 12.2. The van der Waals surface area contributed by atoms with E-state index in [-0.39, 0.29) is 18.0 Å². The highest BCUT2D eigenvalue weighted by Crippen LogP contribution is 2.10. The number of amides is 2. The molecule has 0 saturated carbocycles. The number of benzene rings is 1. The van der Waals surface area contributed by atoms with Gasteiger partial charge in [0, 0.05) is 24.2 Å². The van der Waals surface area contributed by atoms with Crippen molar-refractivity contribution >= 4 is 11.8 Å². The Hall–Kier alpha value is -1.95. The minimum atomic E-state index is -0.612. The molecule has 0 fully saturated rings. The lowest BCUT2D eigenvalue weighted by Crippen LogP contribution is -2.43. The molecule has 1 rings (SSSR count). The number of carbonyl (C=O) groups excluding carboxylic acids is 2. The molecule has 0 bridgehead atoms. The van der Waals surface area contributed by atoms with Gasteiger partial charge < -0.3 is 16.4 Å². The first-order chi connectivity index (χ1) is 9.81. The summed E-state index contributed by atoms with van der Waals surface area (Å²) >= 11 is 0. The number of halogens is 1. The van der Waals surface area contributed by atoms with Crippen LogP contribution in [0.15, 0.2) is 18.2 Å². The van der Waals surface area contributed by atoms with Crippen LogP contribution in [0.25, 0.3) is 0 Å². The molecule has 21 heavy (non-hydrogen) atoms. The average Bonchev–Trinajstić information content (AvgIpc) is 2.43. The second-order valence-electron chi connectivity index (χ2n) is 5.41. The summed E-state index contributed by atoms with van der Waals surface area (Å²) in [5.74, 6) is -0.831. The van der Waals surface area contributed by atoms with Crippen LogP contribution < -0.4 is 16.4 Å². The number of carbonyl (C=O) groups is 2. The van der Waals surface area contributed by atoms with Gasteiger partial charge in [0.1, 0.15) is 5.82 Å². The maximum Gasteiger partial charge on any atom is 0.248 e. The van der Waals surface area contributed by atoms with Crippen LogP contribution in [0.4, 0.5) is 4.39 Å². The van der Waals surface area contributed by atoms with Gasteiger partial charge in [-0.1, -0.05) is 13.8 Å². The van der Waals surface area contributed by atoms with Crippen LogP contribution in [0.2, 0.25) is 0 Å². The van der Waals surface area contributed by atoms with Crippen LogP contribution in [-0.2, 0) is 11.3 Å². The molecule has 0 aliphatic heterocycles. The van der Waals surface area contributed by atoms with E-state index in [1.54, 1.807) is 6.92 Å². The molecule has 1 atom stereocenters. The van der Waals surface area contributed by atoms with Crippen LogP contribution >= 0.6 is 0 Å². The number of nitrogens with one attached hydrogen (secondary N) is 2. The Labute approximate surface area is 124 Å². The minimum absolute atomic E-state index is 0.142. The van der Waals surface area contributed by atoms with Crippen molar-refractivity contribution in [1.29, 1.82) is 0 Å². The molecule has 1 aromatic rings. The lowest BCUT2D eigenvalue weighted by Gasteiger charge is -2.15. The van der Waals surface area contributed by atoms with Gasteiger partial charge in [0.25, 0.3) is 0 Å². The second kappa shape index (κ2) is 7.73. The van der Waals surface area contributed by atoms with Gasteiger partial charge in [0.05, 0.1) is 6.04 Å². The molecule has 0 aliphatic carbocycles. The van der Waals surface area contributed by atoms with Crippen molar-refractivity contribution in [2.24, 2.45) is 11.7 Å². The molecule has 116 valence electrons. The average molecular weight is 295 g/mol. The zero-order valence-electron chi connectivity index (χ0n) is 12.6. The highest BCUT2D eigenvalue weighted by atomic mass is 19.1. The Kier molecular flexibility index (Phi) is 6.30. The fraction of sp³-hybridized carbons (Fsp3) is 0.467. The van der Waals surface area contributed by atoms with E-state index in [1.165, 1.54) is 18.2 Å². The summed E-state index contributed by atoms with van der Waals surface area (Å²) in [4.78, 5) is 22.9. The van der Waals surface area contributed by atoms with E-state index >= 15 is 0 Å². The number of nitrogens with two attached hydrogens (primary N) is 1. The van der Waals surface area contributed by atoms with Crippen molar-refractivity contribution < 1.29 is 14.0 Å². The number of primary amides is 1. The lowest BCUT2D eigenvalue weighted by atomic mass is 10.1. The van der Waals surface area contributed by atoms with Gasteiger partial charge in [-0.3, -0.25) is 9.59 Å². The first-order valence-corrected chi connectivity index (χ1v) is 6.90. The van der Waals surface area contributed by atoms with E-state index in [0.717, 1.165) is 0 Å². The number of hydrogen-bond acceptors (Lipinski definition) is 3. The fourth-order valence-corrected chi connectivity index (χ4v) is 1.68. The monoisotopic (exact) mass is 295 g/mol. The van der Waals surface area contributed by atoms with E-state index in [0.29, 0.717) is 18.0 Å². The number of rotatable bonds is 7. The minimum Gasteiger partial charge on any atom is -0.366 e. The Balaban J connectivity index is 2.60. The van der Waals surface area contributed by atoms with Gasteiger partial charge in [-0.15, -0.1) is 0 Å². The van der Waals surface area contributed by atoms with Crippen molar-refractivity contribution in [3.05, 3.63) is 35.1 Å². The molecular weight excluding hydrogens is 273 g/mol. The van der Waals surface area contributed by atoms with Crippen molar-refractivity contribution in [1.82, 2.24) is 10.6 Å². The van der Waals surface area contributed by atoms with Crippen LogP contribution in [0.5, 0.6) is 0 Å². The molecule has 2 amide bonds. The van der Waals surface area contributed by atoms with Crippen molar-refractivity contribution in [2.75, 3.05) is 6.54 Å². The molecule has 0 radical (unpaired) electrons. The van der Waals surface area contributed by atoms with Gasteiger partial charge in [-0.25, -0.2) is 4.39 Å². The molecule has 0 spiro atoms. The molecule has 1 aromatic carbocycles. The largest absolute Gasteiger partial charge is 0.366 e. The van der Waals surface area contributed by atoms with Crippen LogP contribution in [-0.4, -0.2) is 24.4 Å². The summed E-state index contributed by atoms with van der Waals surface area (Å²) in [6.07, 6.45) is 0. The third-order valence-corrected chi connectivity index (χ3v) is 3.01. The molecule has 1 unspecified atom stereocenters. The molecule has 0 aromatic heterocycles. The Morgan fingerprint density at radius 3 is 2.52 bits per heavy atom. The molecular formula is C15H22FN3O2. The summed E-state index contributed by atoms with van der Waals surface area (Å²) < 4.78 is 13.6.